The molecule has 0 fully saturated rings. The minimum absolute atomic E-state index is 0.745. The average molecular weight is 259 g/mol. The van der Waals surface area contributed by atoms with Gasteiger partial charge in [0.15, 0.2) is 0 Å². The molecule has 0 aliphatic carbocycles. The molecule has 0 radical (unpaired) electrons. The normalized spacial score (nSPS) is 13.5. The van der Waals surface area contributed by atoms with Crippen molar-refractivity contribution >= 4 is 15.9 Å². The van der Waals surface area contributed by atoms with E-state index in [9.17, 15) is 0 Å². The van der Waals surface area contributed by atoms with Crippen molar-refractivity contribution in [3.63, 3.8) is 0 Å². The van der Waals surface area contributed by atoms with Gasteiger partial charge in [-0.2, -0.15) is 0 Å². The number of aromatic nitrogens is 2. The zero-order valence-electron chi connectivity index (χ0n) is 9.20. The molecule has 80 valence electrons. The molecule has 1 atom stereocenters. The van der Waals surface area contributed by atoms with Gasteiger partial charge in [-0.05, 0) is 18.3 Å². The SMILES string of the molecule is CC(C)C(CBr)CCc1nccn1C. The summed E-state index contributed by atoms with van der Waals surface area (Å²) in [6, 6.07) is 0. The van der Waals surface area contributed by atoms with E-state index in [1.807, 2.05) is 12.4 Å². The highest BCUT2D eigenvalue weighted by molar-refractivity contribution is 9.09. The van der Waals surface area contributed by atoms with Gasteiger partial charge in [-0.3, -0.25) is 0 Å². The molecule has 0 amide bonds. The summed E-state index contributed by atoms with van der Waals surface area (Å²) in [5.41, 5.74) is 0. The van der Waals surface area contributed by atoms with Crippen LogP contribution in [0.3, 0.4) is 0 Å². The molecule has 0 aliphatic heterocycles. The minimum Gasteiger partial charge on any atom is -0.338 e. The molecule has 3 heteroatoms. The molecular formula is C11H19BrN2. The minimum atomic E-state index is 0.745. The number of imidazole rings is 1. The highest BCUT2D eigenvalue weighted by Crippen LogP contribution is 2.19. The van der Waals surface area contributed by atoms with Gasteiger partial charge in [0, 0.05) is 31.2 Å². The Bertz CT molecular complexity index is 268. The fourth-order valence-corrected chi connectivity index (χ4v) is 2.61. The molecule has 1 heterocycles. The number of halogens is 1. The van der Waals surface area contributed by atoms with E-state index in [0.29, 0.717) is 0 Å². The third-order valence-corrected chi connectivity index (χ3v) is 3.63. The number of nitrogens with zero attached hydrogens (tertiary/aromatic N) is 2. The molecule has 1 unspecified atom stereocenters. The Morgan fingerprint density at radius 3 is 2.64 bits per heavy atom. The van der Waals surface area contributed by atoms with Crippen LogP contribution in [0.25, 0.3) is 0 Å². The van der Waals surface area contributed by atoms with Crippen LogP contribution in [0, 0.1) is 11.8 Å². The Morgan fingerprint density at radius 2 is 2.21 bits per heavy atom. The number of hydrogen-bond acceptors (Lipinski definition) is 1. The maximum absolute atomic E-state index is 4.33. The number of aryl methyl sites for hydroxylation is 2. The Hall–Kier alpha value is -0.310. The Labute approximate surface area is 94.9 Å². The molecule has 14 heavy (non-hydrogen) atoms. The molecule has 1 aromatic heterocycles. The third kappa shape index (κ3) is 3.12. The largest absolute Gasteiger partial charge is 0.338 e. The van der Waals surface area contributed by atoms with Gasteiger partial charge < -0.3 is 4.57 Å². The van der Waals surface area contributed by atoms with Crippen molar-refractivity contribution in [3.05, 3.63) is 18.2 Å². The van der Waals surface area contributed by atoms with Gasteiger partial charge in [-0.1, -0.05) is 29.8 Å². The van der Waals surface area contributed by atoms with Crippen molar-refractivity contribution < 1.29 is 0 Å². The molecule has 0 spiro atoms. The van der Waals surface area contributed by atoms with Crippen LogP contribution in [0.1, 0.15) is 26.1 Å². The molecule has 0 N–H and O–H groups in total. The predicted octanol–water partition coefficient (Wildman–Crippen LogP) is 3.02. The first-order valence-corrected chi connectivity index (χ1v) is 6.29. The second-order valence-corrected chi connectivity index (χ2v) is 4.80. The summed E-state index contributed by atoms with van der Waals surface area (Å²) in [7, 11) is 2.06. The van der Waals surface area contributed by atoms with Gasteiger partial charge in [0.25, 0.3) is 0 Å². The fraction of sp³-hybridized carbons (Fsp3) is 0.727. The number of alkyl halides is 1. The summed E-state index contributed by atoms with van der Waals surface area (Å²) in [6.07, 6.45) is 6.17. The van der Waals surface area contributed by atoms with E-state index < -0.39 is 0 Å². The van der Waals surface area contributed by atoms with Crippen molar-refractivity contribution in [1.29, 1.82) is 0 Å². The first kappa shape index (κ1) is 11.8. The third-order valence-electron chi connectivity index (χ3n) is 2.80. The van der Waals surface area contributed by atoms with Crippen molar-refractivity contribution in [2.45, 2.75) is 26.7 Å². The number of hydrogen-bond donors (Lipinski definition) is 0. The summed E-state index contributed by atoms with van der Waals surface area (Å²) < 4.78 is 2.10. The lowest BCUT2D eigenvalue weighted by Gasteiger charge is -2.17. The molecule has 0 saturated heterocycles. The van der Waals surface area contributed by atoms with Crippen molar-refractivity contribution in [3.8, 4) is 0 Å². The second-order valence-electron chi connectivity index (χ2n) is 4.15. The zero-order chi connectivity index (χ0) is 10.6. The average Bonchev–Trinajstić information content (AvgIpc) is 2.52. The topological polar surface area (TPSA) is 17.8 Å². The Balaban J connectivity index is 2.43. The van der Waals surface area contributed by atoms with Crippen LogP contribution in [0.4, 0.5) is 0 Å². The van der Waals surface area contributed by atoms with Gasteiger partial charge in [-0.25, -0.2) is 4.98 Å². The predicted molar refractivity (Wildman–Crippen MR) is 63.7 cm³/mol. The fourth-order valence-electron chi connectivity index (χ4n) is 1.54. The summed E-state index contributed by atoms with van der Waals surface area (Å²) in [5, 5.41) is 1.09. The van der Waals surface area contributed by atoms with E-state index >= 15 is 0 Å². The summed E-state index contributed by atoms with van der Waals surface area (Å²) >= 11 is 3.57. The van der Waals surface area contributed by atoms with Gasteiger partial charge in [0.05, 0.1) is 0 Å². The van der Waals surface area contributed by atoms with Crippen LogP contribution >= 0.6 is 15.9 Å². The van der Waals surface area contributed by atoms with E-state index in [1.165, 1.54) is 12.2 Å². The van der Waals surface area contributed by atoms with Crippen LogP contribution in [0.5, 0.6) is 0 Å². The maximum atomic E-state index is 4.33. The first-order valence-electron chi connectivity index (χ1n) is 5.17. The van der Waals surface area contributed by atoms with Crippen molar-refractivity contribution in [2.75, 3.05) is 5.33 Å². The second kappa shape index (κ2) is 5.54. The van der Waals surface area contributed by atoms with Crippen molar-refractivity contribution in [2.24, 2.45) is 18.9 Å². The van der Waals surface area contributed by atoms with Crippen LogP contribution in [0.15, 0.2) is 12.4 Å². The van der Waals surface area contributed by atoms with Crippen LogP contribution < -0.4 is 0 Å². The molecule has 2 nitrogen and oxygen atoms in total. The molecule has 0 aromatic carbocycles. The van der Waals surface area contributed by atoms with Gasteiger partial charge in [0.2, 0.25) is 0 Å². The highest BCUT2D eigenvalue weighted by atomic mass is 79.9. The molecular weight excluding hydrogens is 240 g/mol. The van der Waals surface area contributed by atoms with Gasteiger partial charge in [0.1, 0.15) is 5.82 Å². The lowest BCUT2D eigenvalue weighted by atomic mass is 9.93. The molecule has 1 aromatic rings. The Morgan fingerprint density at radius 1 is 1.50 bits per heavy atom. The maximum Gasteiger partial charge on any atom is 0.108 e. The lowest BCUT2D eigenvalue weighted by Crippen LogP contribution is -2.12. The summed E-state index contributed by atoms with van der Waals surface area (Å²) in [6.45, 7) is 4.56. The molecule has 1 rings (SSSR count). The van der Waals surface area contributed by atoms with E-state index in [0.717, 1.165) is 23.6 Å². The van der Waals surface area contributed by atoms with Gasteiger partial charge >= 0.3 is 0 Å². The van der Waals surface area contributed by atoms with E-state index in [4.69, 9.17) is 0 Å². The summed E-state index contributed by atoms with van der Waals surface area (Å²) in [4.78, 5) is 4.33. The van der Waals surface area contributed by atoms with Crippen LogP contribution in [-0.2, 0) is 13.5 Å². The highest BCUT2D eigenvalue weighted by Gasteiger charge is 2.12. The van der Waals surface area contributed by atoms with E-state index in [1.54, 1.807) is 0 Å². The smallest absolute Gasteiger partial charge is 0.108 e. The standard InChI is InChI=1S/C11H19BrN2/c1-9(2)10(8-12)4-5-11-13-6-7-14(11)3/h6-7,9-10H,4-5,8H2,1-3H3. The molecule has 0 bridgehead atoms. The van der Waals surface area contributed by atoms with E-state index in [2.05, 4.69) is 46.4 Å². The zero-order valence-corrected chi connectivity index (χ0v) is 10.8. The molecule has 0 saturated carbocycles. The number of rotatable bonds is 5. The van der Waals surface area contributed by atoms with E-state index in [-0.39, 0.29) is 0 Å². The lowest BCUT2D eigenvalue weighted by molar-refractivity contribution is 0.397. The first-order chi connectivity index (χ1) is 6.65. The van der Waals surface area contributed by atoms with Crippen LogP contribution in [-0.4, -0.2) is 14.9 Å². The monoisotopic (exact) mass is 258 g/mol. The van der Waals surface area contributed by atoms with Gasteiger partial charge in [-0.15, -0.1) is 0 Å². The van der Waals surface area contributed by atoms with Crippen LogP contribution in [0.2, 0.25) is 0 Å². The van der Waals surface area contributed by atoms with Crippen molar-refractivity contribution in [1.82, 2.24) is 9.55 Å². The quantitative estimate of drug-likeness (QED) is 0.743. The Kier molecular flexibility index (Phi) is 4.66. The molecule has 0 aliphatic rings. The summed E-state index contributed by atoms with van der Waals surface area (Å²) in [5.74, 6) is 2.69.